The first-order valence-electron chi connectivity index (χ1n) is 7.36. The van der Waals surface area contributed by atoms with Crippen molar-refractivity contribution in [3.05, 3.63) is 29.2 Å². The summed E-state index contributed by atoms with van der Waals surface area (Å²) in [6.07, 6.45) is 3.32. The van der Waals surface area contributed by atoms with E-state index < -0.39 is 0 Å². The average molecular weight is 287 g/mol. The monoisotopic (exact) mass is 287 g/mol. The number of hydrogen-bond acceptors (Lipinski definition) is 4. The summed E-state index contributed by atoms with van der Waals surface area (Å²) in [6, 6.07) is 2.30. The molecule has 2 aromatic heterocycles. The fourth-order valence-corrected chi connectivity index (χ4v) is 3.09. The number of nitrogens with two attached hydrogens (primary N) is 1. The van der Waals surface area contributed by atoms with Crippen LogP contribution in [0.4, 0.5) is 0 Å². The van der Waals surface area contributed by atoms with Crippen LogP contribution in [0.1, 0.15) is 41.5 Å². The molecule has 0 aromatic carbocycles. The number of aromatic nitrogens is 3. The number of fused-ring (bicyclic) bond motifs is 1. The van der Waals surface area contributed by atoms with Crippen molar-refractivity contribution < 1.29 is 4.79 Å². The Morgan fingerprint density at radius 3 is 2.90 bits per heavy atom. The van der Waals surface area contributed by atoms with Crippen LogP contribution in [0.25, 0.3) is 5.65 Å². The lowest BCUT2D eigenvalue weighted by Crippen LogP contribution is -2.48. The number of rotatable bonds is 1. The van der Waals surface area contributed by atoms with E-state index in [2.05, 4.69) is 10.1 Å². The van der Waals surface area contributed by atoms with Gasteiger partial charge in [0.15, 0.2) is 5.65 Å². The molecule has 112 valence electrons. The largest absolute Gasteiger partial charge is 0.336 e. The van der Waals surface area contributed by atoms with E-state index in [-0.39, 0.29) is 18.0 Å². The highest BCUT2D eigenvalue weighted by Crippen LogP contribution is 2.21. The molecular weight excluding hydrogens is 266 g/mol. The van der Waals surface area contributed by atoms with E-state index in [9.17, 15) is 4.79 Å². The van der Waals surface area contributed by atoms with Crippen LogP contribution in [0.2, 0.25) is 0 Å². The lowest BCUT2D eigenvalue weighted by molar-refractivity contribution is 0.0621. The van der Waals surface area contributed by atoms with E-state index in [1.807, 2.05) is 31.7 Å². The van der Waals surface area contributed by atoms with Crippen molar-refractivity contribution in [1.29, 1.82) is 0 Å². The second-order valence-electron chi connectivity index (χ2n) is 5.96. The molecule has 0 aliphatic carbocycles. The maximum atomic E-state index is 12.8. The second-order valence-corrected chi connectivity index (χ2v) is 5.96. The molecule has 2 N–H and O–H groups in total. The Labute approximate surface area is 123 Å². The Balaban J connectivity index is 1.99. The Morgan fingerprint density at radius 2 is 2.19 bits per heavy atom. The molecule has 0 bridgehead atoms. The highest BCUT2D eigenvalue weighted by molar-refractivity contribution is 5.99. The molecule has 3 rings (SSSR count). The van der Waals surface area contributed by atoms with Gasteiger partial charge in [0.2, 0.25) is 0 Å². The van der Waals surface area contributed by atoms with E-state index >= 15 is 0 Å². The number of piperidine rings is 1. The van der Waals surface area contributed by atoms with Crippen LogP contribution in [0.5, 0.6) is 0 Å². The fraction of sp³-hybridized carbons (Fsp3) is 0.533. The van der Waals surface area contributed by atoms with Crippen molar-refractivity contribution in [3.8, 4) is 0 Å². The van der Waals surface area contributed by atoms with Gasteiger partial charge in [-0.1, -0.05) is 0 Å². The average Bonchev–Trinajstić information content (AvgIpc) is 2.82. The van der Waals surface area contributed by atoms with Gasteiger partial charge < -0.3 is 10.6 Å². The van der Waals surface area contributed by atoms with Gasteiger partial charge in [-0.25, -0.2) is 9.50 Å². The lowest BCUT2D eigenvalue weighted by atomic mass is 9.98. The number of likely N-dealkylation sites (tertiary alicyclic amines) is 1. The molecule has 1 saturated heterocycles. The molecule has 2 aromatic rings. The first kappa shape index (κ1) is 14.0. The first-order valence-corrected chi connectivity index (χ1v) is 7.36. The van der Waals surface area contributed by atoms with Crippen LogP contribution in [0.3, 0.4) is 0 Å². The van der Waals surface area contributed by atoms with E-state index in [1.54, 1.807) is 10.7 Å². The SMILES string of the molecule is Cc1cc(C)n2ncc(C(=O)N3CCC(N)CC3C)c2n1. The molecule has 21 heavy (non-hydrogen) atoms. The summed E-state index contributed by atoms with van der Waals surface area (Å²) in [5.41, 5.74) is 9.05. The smallest absolute Gasteiger partial charge is 0.259 e. The predicted octanol–water partition coefficient (Wildman–Crippen LogP) is 1.30. The van der Waals surface area contributed by atoms with Gasteiger partial charge in [-0.2, -0.15) is 5.10 Å². The van der Waals surface area contributed by atoms with Gasteiger partial charge in [0.25, 0.3) is 5.91 Å². The third-order valence-corrected chi connectivity index (χ3v) is 4.19. The number of nitrogens with zero attached hydrogens (tertiary/aromatic N) is 4. The highest BCUT2D eigenvalue weighted by Gasteiger charge is 2.29. The lowest BCUT2D eigenvalue weighted by Gasteiger charge is -2.36. The van der Waals surface area contributed by atoms with Crippen molar-refractivity contribution >= 4 is 11.6 Å². The van der Waals surface area contributed by atoms with Crippen LogP contribution in [0, 0.1) is 13.8 Å². The minimum Gasteiger partial charge on any atom is -0.336 e. The molecule has 1 aliphatic heterocycles. The Kier molecular flexibility index (Phi) is 3.41. The standard InChI is InChI=1S/C15H21N5O/c1-9-6-11(3)20-14(18-9)13(8-17-20)15(21)19-5-4-12(16)7-10(19)2/h6,8,10,12H,4-5,7,16H2,1-3H3. The van der Waals surface area contributed by atoms with E-state index in [0.717, 1.165) is 24.2 Å². The van der Waals surface area contributed by atoms with Gasteiger partial charge in [0.05, 0.1) is 6.20 Å². The van der Waals surface area contributed by atoms with Crippen molar-refractivity contribution in [3.63, 3.8) is 0 Å². The number of amides is 1. The van der Waals surface area contributed by atoms with Crippen molar-refractivity contribution in [2.24, 2.45) is 5.73 Å². The molecule has 0 radical (unpaired) electrons. The van der Waals surface area contributed by atoms with E-state index in [0.29, 0.717) is 17.8 Å². The first-order chi connectivity index (χ1) is 9.97. The van der Waals surface area contributed by atoms with Gasteiger partial charge in [-0.3, -0.25) is 4.79 Å². The number of aryl methyl sites for hydroxylation is 2. The van der Waals surface area contributed by atoms with E-state index in [4.69, 9.17) is 5.73 Å². The molecule has 0 spiro atoms. The molecule has 6 nitrogen and oxygen atoms in total. The molecule has 3 heterocycles. The zero-order valence-corrected chi connectivity index (χ0v) is 12.7. The molecule has 2 unspecified atom stereocenters. The highest BCUT2D eigenvalue weighted by atomic mass is 16.2. The maximum Gasteiger partial charge on any atom is 0.259 e. The van der Waals surface area contributed by atoms with Crippen molar-refractivity contribution in [2.45, 2.75) is 45.7 Å². The second kappa shape index (κ2) is 5.11. The normalized spacial score (nSPS) is 22.8. The molecule has 1 amide bonds. The molecular formula is C15H21N5O. The van der Waals surface area contributed by atoms with Crippen LogP contribution in [-0.4, -0.2) is 44.0 Å². The molecule has 1 fully saturated rings. The number of carbonyl (C=O) groups is 1. The van der Waals surface area contributed by atoms with Gasteiger partial charge in [0.1, 0.15) is 5.56 Å². The summed E-state index contributed by atoms with van der Waals surface area (Å²) in [4.78, 5) is 19.2. The van der Waals surface area contributed by atoms with Crippen LogP contribution >= 0.6 is 0 Å². The molecule has 2 atom stereocenters. The number of carbonyl (C=O) groups excluding carboxylic acids is 1. The predicted molar refractivity (Wildman–Crippen MR) is 80.2 cm³/mol. The summed E-state index contributed by atoms with van der Waals surface area (Å²) in [5.74, 6) is 0.00176. The quantitative estimate of drug-likeness (QED) is 0.857. The third-order valence-electron chi connectivity index (χ3n) is 4.19. The molecule has 0 saturated carbocycles. The topological polar surface area (TPSA) is 76.5 Å². The van der Waals surface area contributed by atoms with Gasteiger partial charge in [0, 0.05) is 30.0 Å². The Morgan fingerprint density at radius 1 is 1.43 bits per heavy atom. The van der Waals surface area contributed by atoms with Crippen LogP contribution < -0.4 is 5.73 Å². The maximum absolute atomic E-state index is 12.8. The minimum absolute atomic E-state index is 0.00176. The summed E-state index contributed by atoms with van der Waals surface area (Å²) >= 11 is 0. The summed E-state index contributed by atoms with van der Waals surface area (Å²) in [5, 5.41) is 4.30. The Bertz CT molecular complexity index is 693. The van der Waals surface area contributed by atoms with Gasteiger partial charge >= 0.3 is 0 Å². The summed E-state index contributed by atoms with van der Waals surface area (Å²) in [6.45, 7) is 6.64. The van der Waals surface area contributed by atoms with Gasteiger partial charge in [-0.05, 0) is 39.7 Å². The zero-order valence-electron chi connectivity index (χ0n) is 12.7. The summed E-state index contributed by atoms with van der Waals surface area (Å²) in [7, 11) is 0. The fourth-order valence-electron chi connectivity index (χ4n) is 3.09. The Hall–Kier alpha value is -1.95. The third kappa shape index (κ3) is 2.40. The molecule has 6 heteroatoms. The van der Waals surface area contributed by atoms with E-state index in [1.165, 1.54) is 0 Å². The number of hydrogen-bond donors (Lipinski definition) is 1. The van der Waals surface area contributed by atoms with Crippen LogP contribution in [0.15, 0.2) is 12.3 Å². The summed E-state index contributed by atoms with van der Waals surface area (Å²) < 4.78 is 1.72. The molecule has 1 aliphatic rings. The van der Waals surface area contributed by atoms with Crippen LogP contribution in [-0.2, 0) is 0 Å². The van der Waals surface area contributed by atoms with Crippen molar-refractivity contribution in [2.75, 3.05) is 6.54 Å². The zero-order chi connectivity index (χ0) is 15.1. The van der Waals surface area contributed by atoms with Crippen molar-refractivity contribution in [1.82, 2.24) is 19.5 Å². The minimum atomic E-state index is 0.00176. The van der Waals surface area contributed by atoms with Gasteiger partial charge in [-0.15, -0.1) is 0 Å².